The molecule has 122 valence electrons. The van der Waals surface area contributed by atoms with Crippen LogP contribution < -0.4 is 4.43 Å². The lowest BCUT2D eigenvalue weighted by Crippen LogP contribution is -2.44. The normalized spacial score (nSPS) is 12.1. The van der Waals surface area contributed by atoms with E-state index in [1.165, 1.54) is 0 Å². The number of aldehydes is 1. The first-order valence-corrected chi connectivity index (χ1v) is 10.9. The van der Waals surface area contributed by atoms with Crippen molar-refractivity contribution >= 4 is 14.6 Å². The van der Waals surface area contributed by atoms with Crippen molar-refractivity contribution in [1.29, 1.82) is 0 Å². The molecule has 0 aliphatic carbocycles. The van der Waals surface area contributed by atoms with E-state index in [9.17, 15) is 4.79 Å². The van der Waals surface area contributed by atoms with Gasteiger partial charge < -0.3 is 4.43 Å². The summed E-state index contributed by atoms with van der Waals surface area (Å²) in [6, 6.07) is 14.0. The molecule has 2 aromatic rings. The molecule has 2 aromatic carbocycles. The topological polar surface area (TPSA) is 26.3 Å². The molecule has 0 atom stereocenters. The van der Waals surface area contributed by atoms with Gasteiger partial charge in [-0.1, -0.05) is 51.1 Å². The fraction of sp³-hybridized carbons (Fsp3) is 0.350. The van der Waals surface area contributed by atoms with E-state index < -0.39 is 8.32 Å². The van der Waals surface area contributed by atoms with Crippen molar-refractivity contribution in [3.63, 3.8) is 0 Å². The molecule has 0 radical (unpaired) electrons. The number of carbonyl (C=O) groups excluding carboxylic acids is 1. The smallest absolute Gasteiger partial charge is 0.250 e. The van der Waals surface area contributed by atoms with Gasteiger partial charge in [0.1, 0.15) is 12.0 Å². The van der Waals surface area contributed by atoms with Crippen molar-refractivity contribution in [3.8, 4) is 16.9 Å². The molecule has 0 saturated heterocycles. The van der Waals surface area contributed by atoms with Crippen molar-refractivity contribution in [2.24, 2.45) is 0 Å². The van der Waals surface area contributed by atoms with Crippen molar-refractivity contribution in [3.05, 3.63) is 53.6 Å². The second kappa shape index (κ2) is 6.32. The van der Waals surface area contributed by atoms with Crippen LogP contribution in [-0.4, -0.2) is 14.6 Å². The molecule has 3 heteroatoms. The minimum absolute atomic E-state index is 0.183. The van der Waals surface area contributed by atoms with Crippen LogP contribution in [0.15, 0.2) is 42.5 Å². The molecule has 0 unspecified atom stereocenters. The van der Waals surface area contributed by atoms with Gasteiger partial charge in [-0.3, -0.25) is 4.79 Å². The minimum atomic E-state index is -1.83. The molecule has 0 N–H and O–H groups in total. The molecular weight excluding hydrogens is 300 g/mol. The van der Waals surface area contributed by atoms with Crippen LogP contribution in [0, 0.1) is 6.92 Å². The van der Waals surface area contributed by atoms with Gasteiger partial charge in [-0.15, -0.1) is 0 Å². The van der Waals surface area contributed by atoms with Gasteiger partial charge in [0.05, 0.1) is 0 Å². The molecule has 2 nitrogen and oxygen atoms in total. The molecule has 0 fully saturated rings. The zero-order valence-electron chi connectivity index (χ0n) is 14.9. The van der Waals surface area contributed by atoms with E-state index in [1.807, 2.05) is 24.3 Å². The van der Waals surface area contributed by atoms with E-state index in [4.69, 9.17) is 4.43 Å². The van der Waals surface area contributed by atoms with E-state index in [1.54, 1.807) is 0 Å². The van der Waals surface area contributed by atoms with Crippen LogP contribution in [0.1, 0.15) is 36.7 Å². The summed E-state index contributed by atoms with van der Waals surface area (Å²) in [7, 11) is -1.83. The van der Waals surface area contributed by atoms with Gasteiger partial charge in [-0.05, 0) is 53.9 Å². The van der Waals surface area contributed by atoms with Crippen LogP contribution in [0.25, 0.3) is 11.1 Å². The third-order valence-electron chi connectivity index (χ3n) is 4.73. The second-order valence-corrected chi connectivity index (χ2v) is 12.3. The number of aryl methyl sites for hydroxylation is 1. The Labute approximate surface area is 140 Å². The molecule has 2 rings (SSSR count). The van der Waals surface area contributed by atoms with Crippen molar-refractivity contribution < 1.29 is 9.22 Å². The molecule has 23 heavy (non-hydrogen) atoms. The standard InChI is InChI=1S/C20H26O2Si/c1-15-13-18(17-9-7-16(14-21)8-10-17)11-12-19(15)22-23(5,6)20(2,3)4/h7-14H,1-6H3. The van der Waals surface area contributed by atoms with E-state index in [-0.39, 0.29) is 5.04 Å². The molecule has 0 amide bonds. The summed E-state index contributed by atoms with van der Waals surface area (Å²) in [5.74, 6) is 0.977. The quantitative estimate of drug-likeness (QED) is 0.519. The van der Waals surface area contributed by atoms with E-state index in [0.29, 0.717) is 5.56 Å². The molecule has 0 spiro atoms. The Hall–Kier alpha value is -1.87. The monoisotopic (exact) mass is 326 g/mol. The van der Waals surface area contributed by atoms with Gasteiger partial charge in [0, 0.05) is 5.56 Å². The van der Waals surface area contributed by atoms with Crippen molar-refractivity contribution in [2.45, 2.75) is 45.8 Å². The van der Waals surface area contributed by atoms with Crippen LogP contribution in [0.3, 0.4) is 0 Å². The average Bonchev–Trinajstić information content (AvgIpc) is 2.48. The first-order chi connectivity index (χ1) is 10.6. The van der Waals surface area contributed by atoms with Crippen LogP contribution in [0.4, 0.5) is 0 Å². The third kappa shape index (κ3) is 3.91. The number of hydrogen-bond acceptors (Lipinski definition) is 2. The van der Waals surface area contributed by atoms with Gasteiger partial charge in [0.15, 0.2) is 0 Å². The second-order valence-electron chi connectivity index (χ2n) is 7.58. The van der Waals surface area contributed by atoms with Crippen LogP contribution in [0.5, 0.6) is 5.75 Å². The Bertz CT molecular complexity index is 695. The number of rotatable bonds is 4. The maximum absolute atomic E-state index is 10.8. The fourth-order valence-corrected chi connectivity index (χ4v) is 3.21. The molecule has 0 aromatic heterocycles. The highest BCUT2D eigenvalue weighted by atomic mass is 28.4. The highest BCUT2D eigenvalue weighted by Crippen LogP contribution is 2.38. The summed E-state index contributed by atoms with van der Waals surface area (Å²) in [4.78, 5) is 10.8. The molecule has 0 aliphatic heterocycles. The highest BCUT2D eigenvalue weighted by Gasteiger charge is 2.39. The Morgan fingerprint density at radius 2 is 1.52 bits per heavy atom. The van der Waals surface area contributed by atoms with Crippen LogP contribution in [0.2, 0.25) is 18.1 Å². The van der Waals surface area contributed by atoms with Crippen molar-refractivity contribution in [2.75, 3.05) is 0 Å². The fourth-order valence-electron chi connectivity index (χ4n) is 2.13. The lowest BCUT2D eigenvalue weighted by molar-refractivity contribution is 0.112. The third-order valence-corrected chi connectivity index (χ3v) is 9.07. The first-order valence-electron chi connectivity index (χ1n) is 7.99. The Morgan fingerprint density at radius 3 is 2.00 bits per heavy atom. The molecule has 0 bridgehead atoms. The summed E-state index contributed by atoms with van der Waals surface area (Å²) in [5.41, 5.74) is 4.09. The van der Waals surface area contributed by atoms with Crippen LogP contribution in [-0.2, 0) is 0 Å². The average molecular weight is 327 g/mol. The molecule has 0 heterocycles. The summed E-state index contributed by atoms with van der Waals surface area (Å²) in [5, 5.41) is 0.183. The summed E-state index contributed by atoms with van der Waals surface area (Å²) >= 11 is 0. The Kier molecular flexibility index (Phi) is 4.80. The maximum Gasteiger partial charge on any atom is 0.250 e. The lowest BCUT2D eigenvalue weighted by Gasteiger charge is -2.37. The molecular formula is C20H26O2Si. The molecule has 0 saturated carbocycles. The summed E-state index contributed by atoms with van der Waals surface area (Å²) in [6.45, 7) is 13.4. The zero-order valence-corrected chi connectivity index (χ0v) is 15.9. The SMILES string of the molecule is Cc1cc(-c2ccc(C=O)cc2)ccc1O[Si](C)(C)C(C)(C)C. The van der Waals surface area contributed by atoms with Gasteiger partial charge in [-0.2, -0.15) is 0 Å². The summed E-state index contributed by atoms with van der Waals surface area (Å²) < 4.78 is 6.42. The predicted octanol–water partition coefficient (Wildman–Crippen LogP) is 5.86. The Balaban J connectivity index is 2.28. The first kappa shape index (κ1) is 17.5. The van der Waals surface area contributed by atoms with Crippen molar-refractivity contribution in [1.82, 2.24) is 0 Å². The minimum Gasteiger partial charge on any atom is -0.543 e. The van der Waals surface area contributed by atoms with Gasteiger partial charge in [0.25, 0.3) is 0 Å². The van der Waals surface area contributed by atoms with Gasteiger partial charge >= 0.3 is 0 Å². The van der Waals surface area contributed by atoms with E-state index >= 15 is 0 Å². The highest BCUT2D eigenvalue weighted by molar-refractivity contribution is 6.74. The van der Waals surface area contributed by atoms with Gasteiger partial charge in [-0.25, -0.2) is 0 Å². The van der Waals surface area contributed by atoms with Crippen LogP contribution >= 0.6 is 0 Å². The Morgan fingerprint density at radius 1 is 0.957 bits per heavy atom. The molecule has 0 aliphatic rings. The number of carbonyl (C=O) groups is 1. The number of benzene rings is 2. The largest absolute Gasteiger partial charge is 0.543 e. The van der Waals surface area contributed by atoms with E-state index in [2.05, 4.69) is 59.0 Å². The van der Waals surface area contributed by atoms with Gasteiger partial charge in [0.2, 0.25) is 8.32 Å². The maximum atomic E-state index is 10.8. The predicted molar refractivity (Wildman–Crippen MR) is 99.8 cm³/mol. The number of hydrogen-bond donors (Lipinski definition) is 0. The van der Waals surface area contributed by atoms with E-state index in [0.717, 1.165) is 28.7 Å². The zero-order chi connectivity index (χ0) is 17.3. The lowest BCUT2D eigenvalue weighted by atomic mass is 10.0. The summed E-state index contributed by atoms with van der Waals surface area (Å²) in [6.07, 6.45) is 0.866.